The van der Waals surface area contributed by atoms with Crippen LogP contribution in [0.15, 0.2) is 24.5 Å². The summed E-state index contributed by atoms with van der Waals surface area (Å²) in [6.45, 7) is 3.13. The Balaban J connectivity index is 1.81. The molecule has 0 amide bonds. The Morgan fingerprint density at radius 1 is 1.25 bits per heavy atom. The van der Waals surface area contributed by atoms with E-state index in [4.69, 9.17) is 14.2 Å². The molecule has 3 rings (SSSR count). The molecule has 0 bridgehead atoms. The number of ether oxygens (including phenoxy) is 3. The second-order valence-electron chi connectivity index (χ2n) is 5.63. The van der Waals surface area contributed by atoms with E-state index in [9.17, 15) is 5.11 Å². The molecule has 0 aliphatic carbocycles. The van der Waals surface area contributed by atoms with Crippen LogP contribution in [0.1, 0.15) is 17.8 Å². The standard InChI is InChI=1S/C17H23N3O4/c1-22-14-10-16-15(23-7-2-8-24-16)9-13(14)11-20(5-6-21)12-17-18-3-4-19-17/h3-4,9-10,21H,2,5-8,11-12H2,1H3,(H,18,19). The fraction of sp³-hybridized carbons (Fsp3) is 0.471. The zero-order valence-corrected chi connectivity index (χ0v) is 13.8. The van der Waals surface area contributed by atoms with Gasteiger partial charge in [-0.15, -0.1) is 0 Å². The molecule has 24 heavy (non-hydrogen) atoms. The highest BCUT2D eigenvalue weighted by Gasteiger charge is 2.18. The number of aliphatic hydroxyl groups is 1. The number of fused-ring (bicyclic) bond motifs is 1. The number of aromatic nitrogens is 2. The predicted molar refractivity (Wildman–Crippen MR) is 88.4 cm³/mol. The highest BCUT2D eigenvalue weighted by atomic mass is 16.5. The molecule has 0 fully saturated rings. The molecule has 1 aliphatic heterocycles. The lowest BCUT2D eigenvalue weighted by Crippen LogP contribution is -2.26. The van der Waals surface area contributed by atoms with Crippen molar-refractivity contribution in [2.24, 2.45) is 0 Å². The van der Waals surface area contributed by atoms with Gasteiger partial charge in [0, 0.05) is 43.5 Å². The fourth-order valence-electron chi connectivity index (χ4n) is 2.74. The van der Waals surface area contributed by atoms with E-state index in [0.29, 0.717) is 38.6 Å². The van der Waals surface area contributed by atoms with Crippen LogP contribution in [0.2, 0.25) is 0 Å². The third kappa shape index (κ3) is 3.98. The number of benzene rings is 1. The number of aromatic amines is 1. The highest BCUT2D eigenvalue weighted by Crippen LogP contribution is 2.37. The van der Waals surface area contributed by atoms with Crippen molar-refractivity contribution in [1.29, 1.82) is 0 Å². The lowest BCUT2D eigenvalue weighted by atomic mass is 10.1. The molecule has 7 nitrogen and oxygen atoms in total. The average molecular weight is 333 g/mol. The normalized spacial score (nSPS) is 13.8. The summed E-state index contributed by atoms with van der Waals surface area (Å²) < 4.78 is 17.0. The number of nitrogens with zero attached hydrogens (tertiary/aromatic N) is 2. The van der Waals surface area contributed by atoms with E-state index in [2.05, 4.69) is 14.9 Å². The number of imidazole rings is 1. The minimum Gasteiger partial charge on any atom is -0.496 e. The molecule has 0 saturated carbocycles. The van der Waals surface area contributed by atoms with Crippen LogP contribution in [-0.2, 0) is 13.1 Å². The molecular formula is C17H23N3O4. The monoisotopic (exact) mass is 333 g/mol. The van der Waals surface area contributed by atoms with Crippen LogP contribution in [-0.4, -0.2) is 53.4 Å². The van der Waals surface area contributed by atoms with E-state index >= 15 is 0 Å². The van der Waals surface area contributed by atoms with Crippen molar-refractivity contribution in [2.75, 3.05) is 33.5 Å². The van der Waals surface area contributed by atoms with Crippen molar-refractivity contribution < 1.29 is 19.3 Å². The Bertz CT molecular complexity index is 646. The maximum atomic E-state index is 9.35. The number of rotatable bonds is 7. The average Bonchev–Trinajstić information content (AvgIpc) is 2.98. The summed E-state index contributed by atoms with van der Waals surface area (Å²) in [7, 11) is 1.64. The largest absolute Gasteiger partial charge is 0.496 e. The Labute approximate surface area is 141 Å². The van der Waals surface area contributed by atoms with E-state index in [-0.39, 0.29) is 6.61 Å². The predicted octanol–water partition coefficient (Wildman–Crippen LogP) is 1.57. The van der Waals surface area contributed by atoms with E-state index < -0.39 is 0 Å². The summed E-state index contributed by atoms with van der Waals surface area (Å²) in [6.07, 6.45) is 4.38. The molecule has 0 unspecified atom stereocenters. The van der Waals surface area contributed by atoms with Crippen molar-refractivity contribution in [2.45, 2.75) is 19.5 Å². The van der Waals surface area contributed by atoms with Crippen LogP contribution in [0.3, 0.4) is 0 Å². The molecule has 7 heteroatoms. The van der Waals surface area contributed by atoms with Crippen molar-refractivity contribution in [3.8, 4) is 17.2 Å². The number of nitrogens with one attached hydrogen (secondary N) is 1. The molecule has 2 heterocycles. The summed E-state index contributed by atoms with van der Waals surface area (Å²) in [5, 5.41) is 9.35. The van der Waals surface area contributed by atoms with Crippen molar-refractivity contribution >= 4 is 0 Å². The van der Waals surface area contributed by atoms with Crippen molar-refractivity contribution in [3.63, 3.8) is 0 Å². The zero-order valence-electron chi connectivity index (χ0n) is 13.8. The first kappa shape index (κ1) is 16.6. The van der Waals surface area contributed by atoms with E-state index in [1.54, 1.807) is 19.5 Å². The number of H-pyrrole nitrogens is 1. The van der Waals surface area contributed by atoms with E-state index in [1.165, 1.54) is 0 Å². The van der Waals surface area contributed by atoms with Crippen LogP contribution in [0, 0.1) is 0 Å². The third-order valence-corrected chi connectivity index (χ3v) is 3.89. The molecule has 1 aromatic carbocycles. The molecule has 1 aromatic heterocycles. The van der Waals surface area contributed by atoms with Crippen LogP contribution in [0.25, 0.3) is 0 Å². The second-order valence-corrected chi connectivity index (χ2v) is 5.63. The maximum Gasteiger partial charge on any atom is 0.164 e. The zero-order chi connectivity index (χ0) is 16.8. The van der Waals surface area contributed by atoms with Gasteiger partial charge in [0.15, 0.2) is 11.5 Å². The number of aliphatic hydroxyl groups excluding tert-OH is 1. The van der Waals surface area contributed by atoms with Gasteiger partial charge < -0.3 is 24.3 Å². The van der Waals surface area contributed by atoms with Crippen LogP contribution in [0.5, 0.6) is 17.2 Å². The summed E-state index contributed by atoms with van der Waals surface area (Å²) in [4.78, 5) is 9.44. The first-order valence-electron chi connectivity index (χ1n) is 8.08. The van der Waals surface area contributed by atoms with Crippen molar-refractivity contribution in [1.82, 2.24) is 14.9 Å². The van der Waals surface area contributed by atoms with Gasteiger partial charge in [-0.1, -0.05) is 0 Å². The van der Waals surface area contributed by atoms with Crippen LogP contribution >= 0.6 is 0 Å². The number of hydrogen-bond acceptors (Lipinski definition) is 6. The molecule has 0 spiro atoms. The van der Waals surface area contributed by atoms with E-state index in [0.717, 1.165) is 29.3 Å². The summed E-state index contributed by atoms with van der Waals surface area (Å²) >= 11 is 0. The van der Waals surface area contributed by atoms with Crippen LogP contribution in [0.4, 0.5) is 0 Å². The Morgan fingerprint density at radius 2 is 2.04 bits per heavy atom. The number of methoxy groups -OCH3 is 1. The molecule has 1 aliphatic rings. The number of hydrogen-bond donors (Lipinski definition) is 2. The Morgan fingerprint density at radius 3 is 2.71 bits per heavy atom. The molecule has 0 atom stereocenters. The minimum atomic E-state index is 0.0770. The second kappa shape index (κ2) is 8.03. The topological polar surface area (TPSA) is 79.8 Å². The van der Waals surface area contributed by atoms with Gasteiger partial charge in [-0.05, 0) is 6.07 Å². The Kier molecular flexibility index (Phi) is 5.55. The van der Waals surface area contributed by atoms with Gasteiger partial charge in [-0.2, -0.15) is 0 Å². The fourth-order valence-corrected chi connectivity index (χ4v) is 2.74. The first-order chi connectivity index (χ1) is 11.8. The third-order valence-electron chi connectivity index (χ3n) is 3.89. The SMILES string of the molecule is COc1cc2c(cc1CN(CCO)Cc1ncc[nH]1)OCCCO2. The molecular weight excluding hydrogens is 310 g/mol. The Hall–Kier alpha value is -2.25. The summed E-state index contributed by atoms with van der Waals surface area (Å²) in [6, 6.07) is 3.84. The quantitative estimate of drug-likeness (QED) is 0.801. The smallest absolute Gasteiger partial charge is 0.164 e. The van der Waals surface area contributed by atoms with Gasteiger partial charge in [-0.3, -0.25) is 4.90 Å². The molecule has 0 radical (unpaired) electrons. The minimum absolute atomic E-state index is 0.0770. The lowest BCUT2D eigenvalue weighted by Gasteiger charge is -2.22. The summed E-state index contributed by atoms with van der Waals surface area (Å²) in [5.74, 6) is 3.07. The maximum absolute atomic E-state index is 9.35. The highest BCUT2D eigenvalue weighted by molar-refractivity contribution is 5.51. The van der Waals surface area contributed by atoms with Crippen LogP contribution < -0.4 is 14.2 Å². The van der Waals surface area contributed by atoms with Gasteiger partial charge in [0.1, 0.15) is 11.6 Å². The van der Waals surface area contributed by atoms with Gasteiger partial charge in [0.2, 0.25) is 0 Å². The summed E-state index contributed by atoms with van der Waals surface area (Å²) in [5.41, 5.74) is 0.988. The molecule has 130 valence electrons. The first-order valence-corrected chi connectivity index (χ1v) is 8.08. The van der Waals surface area contributed by atoms with Gasteiger partial charge in [0.25, 0.3) is 0 Å². The lowest BCUT2D eigenvalue weighted by molar-refractivity contribution is 0.180. The van der Waals surface area contributed by atoms with Gasteiger partial charge >= 0.3 is 0 Å². The van der Waals surface area contributed by atoms with Crippen molar-refractivity contribution in [3.05, 3.63) is 35.9 Å². The van der Waals surface area contributed by atoms with E-state index in [1.807, 2.05) is 12.1 Å². The molecule has 2 aromatic rings. The van der Waals surface area contributed by atoms with Gasteiger partial charge in [-0.25, -0.2) is 4.98 Å². The van der Waals surface area contributed by atoms with Gasteiger partial charge in [0.05, 0.1) is 33.5 Å². The molecule has 0 saturated heterocycles. The molecule has 2 N–H and O–H groups in total.